The standard InChI is InChI=1S/C15H23N3O5S/c1-23-7-6-18-24(21,22)13-4-2-11(3-5-13)15(20)17-9-12-8-16-10-14(12)19/h2-5,12,14,16,18-19H,6-10H2,1H3,(H,17,20). The highest BCUT2D eigenvalue weighted by Gasteiger charge is 2.25. The third-order valence-electron chi connectivity index (χ3n) is 3.85. The van der Waals surface area contributed by atoms with E-state index >= 15 is 0 Å². The average molecular weight is 357 g/mol. The molecule has 1 amide bonds. The van der Waals surface area contributed by atoms with Crippen LogP contribution in [-0.2, 0) is 14.8 Å². The molecule has 134 valence electrons. The van der Waals surface area contributed by atoms with Crippen molar-refractivity contribution in [3.05, 3.63) is 29.8 Å². The molecule has 1 saturated heterocycles. The van der Waals surface area contributed by atoms with Crippen LogP contribution in [0, 0.1) is 5.92 Å². The van der Waals surface area contributed by atoms with Crippen molar-refractivity contribution in [3.8, 4) is 0 Å². The Morgan fingerprint density at radius 2 is 2.04 bits per heavy atom. The first-order valence-electron chi connectivity index (χ1n) is 7.69. The van der Waals surface area contributed by atoms with E-state index in [1.165, 1.54) is 31.4 Å². The van der Waals surface area contributed by atoms with Gasteiger partial charge in [0.2, 0.25) is 10.0 Å². The molecule has 2 unspecified atom stereocenters. The maximum absolute atomic E-state index is 12.1. The monoisotopic (exact) mass is 357 g/mol. The summed E-state index contributed by atoms with van der Waals surface area (Å²) in [5.74, 6) is -0.316. The highest BCUT2D eigenvalue weighted by atomic mass is 32.2. The van der Waals surface area contributed by atoms with E-state index in [2.05, 4.69) is 15.4 Å². The summed E-state index contributed by atoms with van der Waals surface area (Å²) >= 11 is 0. The molecule has 0 radical (unpaired) electrons. The molecule has 9 heteroatoms. The van der Waals surface area contributed by atoms with Gasteiger partial charge in [0.1, 0.15) is 0 Å². The second-order valence-corrected chi connectivity index (χ2v) is 7.38. The zero-order valence-corrected chi connectivity index (χ0v) is 14.3. The first-order valence-corrected chi connectivity index (χ1v) is 9.18. The van der Waals surface area contributed by atoms with Crippen molar-refractivity contribution < 1.29 is 23.1 Å². The number of β-amino-alcohol motifs (C(OH)–C–C–N with tert-alkyl or cyclic N) is 1. The lowest BCUT2D eigenvalue weighted by Crippen LogP contribution is -2.34. The minimum absolute atomic E-state index is 0.0152. The fourth-order valence-corrected chi connectivity index (χ4v) is 3.41. The van der Waals surface area contributed by atoms with Gasteiger partial charge < -0.3 is 20.5 Å². The summed E-state index contributed by atoms with van der Waals surface area (Å²) in [5.41, 5.74) is 0.367. The molecule has 1 heterocycles. The van der Waals surface area contributed by atoms with Crippen LogP contribution in [0.3, 0.4) is 0 Å². The topological polar surface area (TPSA) is 117 Å². The van der Waals surface area contributed by atoms with E-state index in [9.17, 15) is 18.3 Å². The van der Waals surface area contributed by atoms with Gasteiger partial charge in [0.15, 0.2) is 0 Å². The molecule has 1 fully saturated rings. The Balaban J connectivity index is 1.92. The lowest BCUT2D eigenvalue weighted by atomic mass is 10.1. The van der Waals surface area contributed by atoms with Crippen LogP contribution >= 0.6 is 0 Å². The minimum Gasteiger partial charge on any atom is -0.391 e. The number of aliphatic hydroxyl groups is 1. The van der Waals surface area contributed by atoms with Crippen LogP contribution in [0.25, 0.3) is 0 Å². The molecule has 2 rings (SSSR count). The third-order valence-corrected chi connectivity index (χ3v) is 5.33. The molecule has 1 aromatic rings. The Morgan fingerprint density at radius 3 is 2.62 bits per heavy atom. The molecular formula is C15H23N3O5S. The number of nitrogens with one attached hydrogen (secondary N) is 3. The number of carbonyl (C=O) groups excluding carboxylic acids is 1. The van der Waals surface area contributed by atoms with E-state index in [4.69, 9.17) is 4.74 Å². The first-order chi connectivity index (χ1) is 11.4. The molecule has 1 aliphatic heterocycles. The molecule has 0 saturated carbocycles. The second-order valence-electron chi connectivity index (χ2n) is 5.61. The molecule has 1 aromatic carbocycles. The highest BCUT2D eigenvalue weighted by molar-refractivity contribution is 7.89. The summed E-state index contributed by atoms with van der Waals surface area (Å²) in [4.78, 5) is 12.2. The molecule has 8 nitrogen and oxygen atoms in total. The van der Waals surface area contributed by atoms with Gasteiger partial charge in [0, 0.05) is 44.8 Å². The van der Waals surface area contributed by atoms with Crippen LogP contribution in [0.15, 0.2) is 29.2 Å². The summed E-state index contributed by atoms with van der Waals surface area (Å²) in [6, 6.07) is 5.69. The fourth-order valence-electron chi connectivity index (χ4n) is 2.40. The highest BCUT2D eigenvalue weighted by Crippen LogP contribution is 2.11. The average Bonchev–Trinajstić information content (AvgIpc) is 2.98. The Morgan fingerprint density at radius 1 is 1.33 bits per heavy atom. The number of amides is 1. The van der Waals surface area contributed by atoms with Gasteiger partial charge in [-0.05, 0) is 24.3 Å². The predicted octanol–water partition coefficient (Wildman–Crippen LogP) is -1.08. The maximum Gasteiger partial charge on any atom is 0.251 e. The molecular weight excluding hydrogens is 334 g/mol. The number of ether oxygens (including phenoxy) is 1. The van der Waals surface area contributed by atoms with Crippen LogP contribution < -0.4 is 15.4 Å². The number of hydrogen-bond acceptors (Lipinski definition) is 6. The van der Waals surface area contributed by atoms with Crippen molar-refractivity contribution in [2.75, 3.05) is 39.9 Å². The van der Waals surface area contributed by atoms with E-state index in [0.29, 0.717) is 25.2 Å². The lowest BCUT2D eigenvalue weighted by Gasteiger charge is -2.14. The molecule has 2 atom stereocenters. The van der Waals surface area contributed by atoms with Crippen LogP contribution in [0.1, 0.15) is 10.4 Å². The summed E-state index contributed by atoms with van der Waals surface area (Å²) in [6.07, 6.45) is -0.462. The first kappa shape index (κ1) is 18.8. The number of methoxy groups -OCH3 is 1. The smallest absolute Gasteiger partial charge is 0.251 e. The van der Waals surface area contributed by atoms with Crippen molar-refractivity contribution in [2.45, 2.75) is 11.0 Å². The van der Waals surface area contributed by atoms with E-state index in [0.717, 1.165) is 0 Å². The molecule has 0 aliphatic carbocycles. The maximum atomic E-state index is 12.1. The summed E-state index contributed by atoms with van der Waals surface area (Å²) < 4.78 is 31.2. The van der Waals surface area contributed by atoms with Crippen molar-refractivity contribution in [1.82, 2.24) is 15.4 Å². The number of sulfonamides is 1. The molecule has 0 aromatic heterocycles. The lowest BCUT2D eigenvalue weighted by molar-refractivity contribution is 0.0927. The zero-order chi connectivity index (χ0) is 17.6. The summed E-state index contributed by atoms with van der Waals surface area (Å²) in [5, 5.41) is 15.5. The van der Waals surface area contributed by atoms with Crippen molar-refractivity contribution >= 4 is 15.9 Å². The molecule has 0 bridgehead atoms. The molecule has 1 aliphatic rings. The van der Waals surface area contributed by atoms with Gasteiger partial charge in [-0.3, -0.25) is 4.79 Å². The Kier molecular flexibility index (Phi) is 6.69. The van der Waals surface area contributed by atoms with Gasteiger partial charge in [0.05, 0.1) is 17.6 Å². The normalized spacial score (nSPS) is 20.9. The van der Waals surface area contributed by atoms with Crippen molar-refractivity contribution in [3.63, 3.8) is 0 Å². The number of rotatable bonds is 8. The SMILES string of the molecule is COCCNS(=O)(=O)c1ccc(C(=O)NCC2CNCC2O)cc1. The molecule has 4 N–H and O–H groups in total. The van der Waals surface area contributed by atoms with Gasteiger partial charge in [-0.2, -0.15) is 0 Å². The van der Waals surface area contributed by atoms with E-state index < -0.39 is 16.1 Å². The fraction of sp³-hybridized carbons (Fsp3) is 0.533. The number of benzene rings is 1. The van der Waals surface area contributed by atoms with Crippen LogP contribution in [0.5, 0.6) is 0 Å². The quantitative estimate of drug-likeness (QED) is 0.440. The zero-order valence-electron chi connectivity index (χ0n) is 13.5. The Labute approximate surface area is 141 Å². The van der Waals surface area contributed by atoms with Gasteiger partial charge in [-0.15, -0.1) is 0 Å². The molecule has 24 heavy (non-hydrogen) atoms. The van der Waals surface area contributed by atoms with Gasteiger partial charge in [0.25, 0.3) is 5.91 Å². The molecule has 0 spiro atoms. The van der Waals surface area contributed by atoms with Crippen molar-refractivity contribution in [2.24, 2.45) is 5.92 Å². The summed E-state index contributed by atoms with van der Waals surface area (Å²) in [6.45, 7) is 2.01. The van der Waals surface area contributed by atoms with Crippen LogP contribution in [-0.4, -0.2) is 65.4 Å². The summed E-state index contributed by atoms with van der Waals surface area (Å²) in [7, 11) is -2.12. The number of hydrogen-bond donors (Lipinski definition) is 4. The predicted molar refractivity (Wildman–Crippen MR) is 88.2 cm³/mol. The Bertz CT molecular complexity index is 648. The van der Waals surface area contributed by atoms with E-state index in [-0.39, 0.29) is 29.9 Å². The third kappa shape index (κ3) is 4.99. The van der Waals surface area contributed by atoms with Gasteiger partial charge in [-0.1, -0.05) is 0 Å². The van der Waals surface area contributed by atoms with Crippen molar-refractivity contribution in [1.29, 1.82) is 0 Å². The minimum atomic E-state index is -3.61. The van der Waals surface area contributed by atoms with Crippen LogP contribution in [0.4, 0.5) is 0 Å². The van der Waals surface area contributed by atoms with E-state index in [1.807, 2.05) is 0 Å². The number of carbonyl (C=O) groups is 1. The van der Waals surface area contributed by atoms with E-state index in [1.54, 1.807) is 0 Å². The van der Waals surface area contributed by atoms with Crippen LogP contribution in [0.2, 0.25) is 0 Å². The largest absolute Gasteiger partial charge is 0.391 e. The number of aliphatic hydroxyl groups excluding tert-OH is 1. The second kappa shape index (κ2) is 8.54. The Hall–Kier alpha value is -1.52. The van der Waals surface area contributed by atoms with Gasteiger partial charge in [-0.25, -0.2) is 13.1 Å². The van der Waals surface area contributed by atoms with Gasteiger partial charge >= 0.3 is 0 Å².